The summed E-state index contributed by atoms with van der Waals surface area (Å²) in [6, 6.07) is 5.53. The number of nitrogens with zero attached hydrogens (tertiary/aromatic N) is 2. The average molecular weight is 386 g/mol. The van der Waals surface area contributed by atoms with Crippen molar-refractivity contribution in [2.75, 3.05) is 16.6 Å². The zero-order chi connectivity index (χ0) is 18.4. The second-order valence-electron chi connectivity index (χ2n) is 6.60. The van der Waals surface area contributed by atoms with Gasteiger partial charge >= 0.3 is 0 Å². The molecule has 1 aromatic rings. The molecule has 0 N–H and O–H groups in total. The molecule has 0 bridgehead atoms. The molecule has 9 heteroatoms. The van der Waals surface area contributed by atoms with Gasteiger partial charge in [-0.2, -0.15) is 4.31 Å². The maximum absolute atomic E-state index is 12.8. The maximum atomic E-state index is 12.8. The third kappa shape index (κ3) is 3.09. The molecule has 2 fully saturated rings. The van der Waals surface area contributed by atoms with Crippen LogP contribution in [0.3, 0.4) is 0 Å². The van der Waals surface area contributed by atoms with Crippen molar-refractivity contribution in [3.8, 4) is 0 Å². The minimum absolute atomic E-state index is 0.00561. The summed E-state index contributed by atoms with van der Waals surface area (Å²) in [5.41, 5.74) is 0.182. The number of rotatable bonds is 4. The Bertz CT molecular complexity index is 878. The number of carbonyl (C=O) groups is 1. The molecule has 3 rings (SSSR count). The first-order valence-electron chi connectivity index (χ1n) is 8.37. The molecule has 0 spiro atoms. The lowest BCUT2D eigenvalue weighted by atomic mass is 10.2. The van der Waals surface area contributed by atoms with E-state index in [2.05, 4.69) is 0 Å². The van der Waals surface area contributed by atoms with Crippen LogP contribution in [0.15, 0.2) is 29.2 Å². The van der Waals surface area contributed by atoms with Crippen LogP contribution in [0.5, 0.6) is 0 Å². The molecular formula is C16H22N2O5S2. The zero-order valence-corrected chi connectivity index (χ0v) is 15.9. The Balaban J connectivity index is 1.92. The van der Waals surface area contributed by atoms with Crippen molar-refractivity contribution in [1.82, 2.24) is 4.31 Å². The molecule has 1 amide bonds. The van der Waals surface area contributed by atoms with Gasteiger partial charge in [0, 0.05) is 12.6 Å². The fraction of sp³-hybridized carbons (Fsp3) is 0.562. The monoisotopic (exact) mass is 386 g/mol. The lowest BCUT2D eigenvalue weighted by Gasteiger charge is -2.23. The van der Waals surface area contributed by atoms with Gasteiger partial charge in [0.2, 0.25) is 26.0 Å². The Labute approximate surface area is 148 Å². The minimum Gasteiger partial charge on any atom is -0.273 e. The van der Waals surface area contributed by atoms with Crippen LogP contribution in [0.2, 0.25) is 0 Å². The van der Waals surface area contributed by atoms with Crippen LogP contribution >= 0.6 is 0 Å². The minimum atomic E-state index is -3.69. The first-order chi connectivity index (χ1) is 11.7. The molecule has 7 nitrogen and oxygen atoms in total. The van der Waals surface area contributed by atoms with Crippen LogP contribution in [0.4, 0.5) is 5.69 Å². The van der Waals surface area contributed by atoms with Gasteiger partial charge in [-0.15, -0.1) is 0 Å². The molecule has 2 saturated heterocycles. The lowest BCUT2D eigenvalue weighted by Crippen LogP contribution is -2.35. The molecule has 1 aromatic carbocycles. The summed E-state index contributed by atoms with van der Waals surface area (Å²) < 4.78 is 52.2. The standard InChI is InChI=1S/C16H22N2O5S2/c1-3-13-5-4-10-17(13)25(22,23)15-8-6-14(7-9-15)18-16(19)12(2)11-24(18,20)21/h6-9,12-13H,3-5,10-11H2,1-2H3. The Morgan fingerprint density at radius 1 is 1.20 bits per heavy atom. The molecule has 2 heterocycles. The molecule has 2 unspecified atom stereocenters. The van der Waals surface area contributed by atoms with Gasteiger partial charge in [-0.1, -0.05) is 13.8 Å². The van der Waals surface area contributed by atoms with E-state index in [0.29, 0.717) is 6.54 Å². The van der Waals surface area contributed by atoms with Gasteiger partial charge in [0.05, 0.1) is 22.3 Å². The molecule has 2 atom stereocenters. The van der Waals surface area contributed by atoms with E-state index in [9.17, 15) is 21.6 Å². The van der Waals surface area contributed by atoms with E-state index in [4.69, 9.17) is 0 Å². The molecule has 138 valence electrons. The van der Waals surface area contributed by atoms with Gasteiger partial charge in [0.25, 0.3) is 0 Å². The fourth-order valence-corrected chi connectivity index (χ4v) is 7.10. The molecule has 2 aliphatic heterocycles. The summed E-state index contributed by atoms with van der Waals surface area (Å²) in [5, 5.41) is 0. The lowest BCUT2D eigenvalue weighted by molar-refractivity contribution is -0.119. The summed E-state index contributed by atoms with van der Waals surface area (Å²) in [6.07, 6.45) is 2.45. The highest BCUT2D eigenvalue weighted by molar-refractivity contribution is 7.94. The molecular weight excluding hydrogens is 364 g/mol. The van der Waals surface area contributed by atoms with Crippen LogP contribution < -0.4 is 4.31 Å². The molecule has 0 saturated carbocycles. The quantitative estimate of drug-likeness (QED) is 0.783. The number of hydrogen-bond donors (Lipinski definition) is 0. The van der Waals surface area contributed by atoms with E-state index in [1.54, 1.807) is 6.92 Å². The first-order valence-corrected chi connectivity index (χ1v) is 11.4. The van der Waals surface area contributed by atoms with E-state index in [1.165, 1.54) is 28.6 Å². The predicted molar refractivity (Wildman–Crippen MR) is 94.1 cm³/mol. The van der Waals surface area contributed by atoms with E-state index in [0.717, 1.165) is 23.6 Å². The number of hydrogen-bond acceptors (Lipinski definition) is 5. The average Bonchev–Trinajstić information content (AvgIpc) is 3.11. The zero-order valence-electron chi connectivity index (χ0n) is 14.3. The summed E-state index contributed by atoms with van der Waals surface area (Å²) in [7, 11) is -7.30. The summed E-state index contributed by atoms with van der Waals surface area (Å²) in [5.74, 6) is -1.30. The number of sulfonamides is 2. The fourth-order valence-electron chi connectivity index (χ4n) is 3.51. The Hall–Kier alpha value is -1.45. The van der Waals surface area contributed by atoms with Crippen molar-refractivity contribution in [2.24, 2.45) is 5.92 Å². The topological polar surface area (TPSA) is 91.8 Å². The van der Waals surface area contributed by atoms with E-state index >= 15 is 0 Å². The van der Waals surface area contributed by atoms with E-state index < -0.39 is 31.9 Å². The SMILES string of the molecule is CCC1CCCN1S(=O)(=O)c1ccc(N2C(=O)C(C)CS2(=O)=O)cc1. The second-order valence-corrected chi connectivity index (χ2v) is 10.3. The van der Waals surface area contributed by atoms with E-state index in [-0.39, 0.29) is 22.4 Å². The number of amides is 1. The summed E-state index contributed by atoms with van der Waals surface area (Å²) in [4.78, 5) is 12.2. The smallest absolute Gasteiger partial charge is 0.244 e. The van der Waals surface area contributed by atoms with Crippen molar-refractivity contribution in [2.45, 2.75) is 44.0 Å². The van der Waals surface area contributed by atoms with Crippen molar-refractivity contribution >= 4 is 31.6 Å². The third-order valence-corrected chi connectivity index (χ3v) is 8.67. The van der Waals surface area contributed by atoms with Gasteiger partial charge in [-0.05, 0) is 43.5 Å². The number of benzene rings is 1. The van der Waals surface area contributed by atoms with Gasteiger partial charge in [0.1, 0.15) is 0 Å². The van der Waals surface area contributed by atoms with Crippen LogP contribution in [0.25, 0.3) is 0 Å². The Morgan fingerprint density at radius 2 is 1.84 bits per heavy atom. The van der Waals surface area contributed by atoms with Crippen molar-refractivity contribution in [1.29, 1.82) is 0 Å². The number of carbonyl (C=O) groups excluding carboxylic acids is 1. The molecule has 0 aromatic heterocycles. The third-order valence-electron chi connectivity index (χ3n) is 4.83. The van der Waals surface area contributed by atoms with Crippen molar-refractivity contribution in [3.05, 3.63) is 24.3 Å². The highest BCUT2D eigenvalue weighted by Crippen LogP contribution is 2.31. The molecule has 2 aliphatic rings. The Morgan fingerprint density at radius 3 is 2.36 bits per heavy atom. The maximum Gasteiger partial charge on any atom is 0.244 e. The van der Waals surface area contributed by atoms with Gasteiger partial charge in [-0.3, -0.25) is 4.79 Å². The van der Waals surface area contributed by atoms with Crippen LogP contribution in [0.1, 0.15) is 33.1 Å². The summed E-state index contributed by atoms with van der Waals surface area (Å²) >= 11 is 0. The van der Waals surface area contributed by atoms with Gasteiger partial charge in [-0.25, -0.2) is 21.1 Å². The number of anilines is 1. The second kappa shape index (κ2) is 6.37. The largest absolute Gasteiger partial charge is 0.273 e. The highest BCUT2D eigenvalue weighted by Gasteiger charge is 2.42. The molecule has 0 radical (unpaired) electrons. The summed E-state index contributed by atoms with van der Waals surface area (Å²) in [6.45, 7) is 4.03. The van der Waals surface area contributed by atoms with Gasteiger partial charge < -0.3 is 0 Å². The molecule has 25 heavy (non-hydrogen) atoms. The van der Waals surface area contributed by atoms with Crippen LogP contribution in [0, 0.1) is 5.92 Å². The highest BCUT2D eigenvalue weighted by atomic mass is 32.2. The Kier molecular flexibility index (Phi) is 4.67. The molecule has 0 aliphatic carbocycles. The van der Waals surface area contributed by atoms with Crippen molar-refractivity contribution in [3.63, 3.8) is 0 Å². The van der Waals surface area contributed by atoms with Gasteiger partial charge in [0.15, 0.2) is 0 Å². The van der Waals surface area contributed by atoms with Crippen LogP contribution in [-0.4, -0.2) is 45.4 Å². The first kappa shape index (κ1) is 18.3. The predicted octanol–water partition coefficient (Wildman–Crippen LogP) is 1.56. The van der Waals surface area contributed by atoms with E-state index in [1.807, 2.05) is 6.92 Å². The van der Waals surface area contributed by atoms with Crippen LogP contribution in [-0.2, 0) is 24.8 Å². The normalized spacial score (nSPS) is 27.1. The van der Waals surface area contributed by atoms with Crippen molar-refractivity contribution < 1.29 is 21.6 Å².